The van der Waals surface area contributed by atoms with Gasteiger partial charge in [0.2, 0.25) is 0 Å². The smallest absolute Gasteiger partial charge is 0.322 e. The summed E-state index contributed by atoms with van der Waals surface area (Å²) in [6.07, 6.45) is 0.431. The van der Waals surface area contributed by atoms with Crippen molar-refractivity contribution in [3.8, 4) is 0 Å². The molecule has 0 aliphatic heterocycles. The number of carboxylic acids is 1. The van der Waals surface area contributed by atoms with Gasteiger partial charge in [0.25, 0.3) is 0 Å². The topological polar surface area (TPSA) is 66.6 Å². The first-order valence-electron chi connectivity index (χ1n) is 4.93. The van der Waals surface area contributed by atoms with Crippen molar-refractivity contribution in [2.45, 2.75) is 19.4 Å². The molecule has 0 bridgehead atoms. The lowest BCUT2D eigenvalue weighted by molar-refractivity contribution is -0.143. The minimum Gasteiger partial charge on any atom is -0.480 e. The van der Waals surface area contributed by atoms with E-state index >= 15 is 0 Å². The van der Waals surface area contributed by atoms with E-state index in [4.69, 9.17) is 10.9 Å². The molecule has 0 unspecified atom stereocenters. The second-order valence-electron chi connectivity index (χ2n) is 3.37. The van der Waals surface area contributed by atoms with Gasteiger partial charge in [-0.25, -0.2) is 5.01 Å². The van der Waals surface area contributed by atoms with E-state index in [2.05, 4.69) is 0 Å². The zero-order valence-electron chi connectivity index (χ0n) is 8.76. The molecule has 0 amide bonds. The molecule has 0 aromatic heterocycles. The molecule has 0 aliphatic carbocycles. The maximum absolute atomic E-state index is 11.0. The highest BCUT2D eigenvalue weighted by Crippen LogP contribution is 2.06. The SMILES string of the molecule is CCN(N)[C@@H](Cc1ccccc1)C(=O)O. The Morgan fingerprint density at radius 3 is 2.53 bits per heavy atom. The average Bonchev–Trinajstić information content (AvgIpc) is 2.26. The molecule has 3 N–H and O–H groups in total. The summed E-state index contributed by atoms with van der Waals surface area (Å²) in [5.74, 6) is 4.73. The standard InChI is InChI=1S/C11H16N2O2/c1-2-13(12)10(11(14)15)8-9-6-4-3-5-7-9/h3-7,10H,2,8,12H2,1H3,(H,14,15)/t10-/m0/s1. The number of nitrogens with two attached hydrogens (primary N) is 1. The Labute approximate surface area is 89.3 Å². The second kappa shape index (κ2) is 5.48. The van der Waals surface area contributed by atoms with Crippen LogP contribution in [0.4, 0.5) is 0 Å². The second-order valence-corrected chi connectivity index (χ2v) is 3.37. The summed E-state index contributed by atoms with van der Waals surface area (Å²) in [7, 11) is 0. The van der Waals surface area contributed by atoms with Crippen LogP contribution < -0.4 is 5.84 Å². The molecule has 0 saturated carbocycles. The molecular weight excluding hydrogens is 192 g/mol. The van der Waals surface area contributed by atoms with Crippen molar-refractivity contribution in [3.63, 3.8) is 0 Å². The number of aliphatic carboxylic acids is 1. The summed E-state index contributed by atoms with van der Waals surface area (Å²) >= 11 is 0. The van der Waals surface area contributed by atoms with Crippen molar-refractivity contribution >= 4 is 5.97 Å². The maximum atomic E-state index is 11.0. The molecule has 0 fully saturated rings. The van der Waals surface area contributed by atoms with Crippen molar-refractivity contribution in [2.75, 3.05) is 6.54 Å². The number of nitrogens with zero attached hydrogens (tertiary/aromatic N) is 1. The van der Waals surface area contributed by atoms with Gasteiger partial charge in [-0.05, 0) is 12.0 Å². The lowest BCUT2D eigenvalue weighted by Crippen LogP contribution is -2.47. The number of hydrogen-bond acceptors (Lipinski definition) is 3. The van der Waals surface area contributed by atoms with Crippen LogP contribution in [0, 0.1) is 0 Å². The average molecular weight is 208 g/mol. The van der Waals surface area contributed by atoms with Crippen LogP contribution >= 0.6 is 0 Å². The fraction of sp³-hybridized carbons (Fsp3) is 0.364. The largest absolute Gasteiger partial charge is 0.480 e. The van der Waals surface area contributed by atoms with Gasteiger partial charge in [0, 0.05) is 6.54 Å². The molecule has 4 heteroatoms. The van der Waals surface area contributed by atoms with Crippen LogP contribution in [0.25, 0.3) is 0 Å². The van der Waals surface area contributed by atoms with E-state index in [0.717, 1.165) is 5.56 Å². The number of hydrogen-bond donors (Lipinski definition) is 2. The van der Waals surface area contributed by atoms with Crippen molar-refractivity contribution in [2.24, 2.45) is 5.84 Å². The third-order valence-electron chi connectivity index (χ3n) is 2.32. The zero-order valence-corrected chi connectivity index (χ0v) is 8.76. The number of carbonyl (C=O) groups is 1. The Kier molecular flexibility index (Phi) is 4.27. The molecular formula is C11H16N2O2. The molecule has 0 radical (unpaired) electrons. The summed E-state index contributed by atoms with van der Waals surface area (Å²) in [4.78, 5) is 11.0. The Morgan fingerprint density at radius 2 is 2.07 bits per heavy atom. The summed E-state index contributed by atoms with van der Waals surface area (Å²) in [6, 6.07) is 8.83. The first kappa shape index (κ1) is 11.7. The Hall–Kier alpha value is -1.39. The van der Waals surface area contributed by atoms with Crippen LogP contribution in [0.2, 0.25) is 0 Å². The number of benzene rings is 1. The molecule has 0 aliphatic rings. The van der Waals surface area contributed by atoms with Gasteiger partial charge in [0.1, 0.15) is 6.04 Å². The van der Waals surface area contributed by atoms with E-state index in [1.54, 1.807) is 0 Å². The lowest BCUT2D eigenvalue weighted by Gasteiger charge is -2.22. The normalized spacial score (nSPS) is 12.7. The summed E-state index contributed by atoms with van der Waals surface area (Å²) in [5, 5.41) is 10.4. The monoisotopic (exact) mass is 208 g/mol. The minimum atomic E-state index is -0.886. The highest BCUT2D eigenvalue weighted by atomic mass is 16.4. The van der Waals surface area contributed by atoms with E-state index in [1.807, 2.05) is 37.3 Å². The first-order chi connectivity index (χ1) is 7.15. The van der Waals surface area contributed by atoms with Gasteiger partial charge >= 0.3 is 5.97 Å². The predicted octanol–water partition coefficient (Wildman–Crippen LogP) is 0.878. The van der Waals surface area contributed by atoms with Crippen molar-refractivity contribution < 1.29 is 9.90 Å². The van der Waals surface area contributed by atoms with Crippen molar-refractivity contribution in [1.29, 1.82) is 0 Å². The molecule has 4 nitrogen and oxygen atoms in total. The zero-order chi connectivity index (χ0) is 11.3. The summed E-state index contributed by atoms with van der Waals surface area (Å²) < 4.78 is 0. The number of hydrazine groups is 1. The number of carboxylic acid groups (broad SMARTS) is 1. The van der Waals surface area contributed by atoms with Crippen LogP contribution in [-0.4, -0.2) is 28.7 Å². The molecule has 1 rings (SSSR count). The summed E-state index contributed by atoms with van der Waals surface area (Å²) in [6.45, 7) is 2.35. The Morgan fingerprint density at radius 1 is 1.47 bits per heavy atom. The van der Waals surface area contributed by atoms with E-state index in [9.17, 15) is 4.79 Å². The quantitative estimate of drug-likeness (QED) is 0.557. The molecule has 0 saturated heterocycles. The van der Waals surface area contributed by atoms with Crippen LogP contribution in [0.3, 0.4) is 0 Å². The van der Waals surface area contributed by atoms with Gasteiger partial charge in [-0.1, -0.05) is 37.3 Å². The van der Waals surface area contributed by atoms with Crippen LogP contribution in [0.15, 0.2) is 30.3 Å². The molecule has 1 aromatic carbocycles. The van der Waals surface area contributed by atoms with Gasteiger partial charge in [-0.15, -0.1) is 0 Å². The molecule has 1 aromatic rings. The van der Waals surface area contributed by atoms with Gasteiger partial charge in [-0.2, -0.15) is 0 Å². The molecule has 15 heavy (non-hydrogen) atoms. The van der Waals surface area contributed by atoms with E-state index in [1.165, 1.54) is 5.01 Å². The van der Waals surface area contributed by atoms with Gasteiger partial charge < -0.3 is 5.11 Å². The van der Waals surface area contributed by atoms with Gasteiger partial charge in [0.05, 0.1) is 0 Å². The van der Waals surface area contributed by atoms with E-state index < -0.39 is 12.0 Å². The fourth-order valence-corrected chi connectivity index (χ4v) is 1.40. The van der Waals surface area contributed by atoms with E-state index in [0.29, 0.717) is 13.0 Å². The third kappa shape index (κ3) is 3.34. The predicted molar refractivity (Wildman–Crippen MR) is 58.1 cm³/mol. The van der Waals surface area contributed by atoms with Crippen molar-refractivity contribution in [3.05, 3.63) is 35.9 Å². The third-order valence-corrected chi connectivity index (χ3v) is 2.32. The van der Waals surface area contributed by atoms with Crippen LogP contribution in [-0.2, 0) is 11.2 Å². The fourth-order valence-electron chi connectivity index (χ4n) is 1.40. The molecule has 0 spiro atoms. The Balaban J connectivity index is 2.71. The molecule has 82 valence electrons. The molecule has 0 heterocycles. The lowest BCUT2D eigenvalue weighted by atomic mass is 10.1. The van der Waals surface area contributed by atoms with Crippen LogP contribution in [0.1, 0.15) is 12.5 Å². The highest BCUT2D eigenvalue weighted by Gasteiger charge is 2.22. The Bertz CT molecular complexity index is 314. The van der Waals surface area contributed by atoms with Gasteiger partial charge in [-0.3, -0.25) is 10.6 Å². The number of rotatable bonds is 5. The maximum Gasteiger partial charge on any atom is 0.322 e. The highest BCUT2D eigenvalue weighted by molar-refractivity contribution is 5.73. The molecule has 1 atom stereocenters. The van der Waals surface area contributed by atoms with Gasteiger partial charge in [0.15, 0.2) is 0 Å². The van der Waals surface area contributed by atoms with Crippen LogP contribution in [0.5, 0.6) is 0 Å². The summed E-state index contributed by atoms with van der Waals surface area (Å²) in [5.41, 5.74) is 0.980. The van der Waals surface area contributed by atoms with Crippen molar-refractivity contribution in [1.82, 2.24) is 5.01 Å². The first-order valence-corrected chi connectivity index (χ1v) is 4.93. The minimum absolute atomic E-state index is 0.431. The number of likely N-dealkylation sites (N-methyl/N-ethyl adjacent to an activating group) is 1. The van der Waals surface area contributed by atoms with E-state index in [-0.39, 0.29) is 0 Å².